The quantitative estimate of drug-likeness (QED) is 0.0271. The van der Waals surface area contributed by atoms with Gasteiger partial charge in [0.1, 0.15) is 281 Å². The predicted molar refractivity (Wildman–Crippen MR) is 448 cm³/mol. The molecule has 0 aromatic rings. The maximum atomic E-state index is 13.6. The summed E-state index contributed by atoms with van der Waals surface area (Å²) < 4.78 is 156. The van der Waals surface area contributed by atoms with Crippen molar-refractivity contribution in [1.29, 1.82) is 0 Å². The number of carbonyl (C=O) groups is 4. The van der Waals surface area contributed by atoms with Crippen LogP contribution in [0.5, 0.6) is 0 Å². The first kappa shape index (κ1) is 119. The molecule has 12 aliphatic rings. The highest BCUT2D eigenvalue weighted by molar-refractivity contribution is 5.74. The molecule has 12 aliphatic heterocycles. The molecule has 63 nitrogen and oxygen atoms in total. The number of ether oxygens (including phenoxy) is 26. The van der Waals surface area contributed by atoms with Gasteiger partial charge in [0.25, 0.3) is 0 Å². The molecule has 0 bridgehead atoms. The van der Waals surface area contributed by atoms with Crippen LogP contribution in [0, 0.1) is 0 Å². The van der Waals surface area contributed by atoms with Crippen molar-refractivity contribution in [2.45, 2.75) is 397 Å². The highest BCUT2D eigenvalue weighted by Gasteiger charge is 2.64. The standard InChI is InChI=1S/C82H138N4O59/c1-20-40(98)52(110)56(114)75(127-20)125-19-35-63(49(107)36(71(119)128-35)83-21(2)94)140-72-37(84-22(3)95)51(109)62(31(15-93)134-72)141-82-70(145-78-55(113)43(101)27(11-89)132-78)68(143-79-57(115)53(111)41(99)25(9-87)131-79)48(106)34(138-82)18-126-81-69(54(112)42(100)26(10-88)133-81)144-73-38(85-23(4)96)50(108)61(30(14-92)135-73)139-74-39(86-24(5)97)64(46(104)32(136-74)16-123-76-58(116)65(120-6)44(102)28(12-90)129-76)142-80-60(118)67(122-8)47(105)33(137-80)17-124-77-59(117)66(121-7)45(103)29(13-91)130-77/h20,25-82,87-93,98-119H,9-19H2,1-8H3,(H,83,94)(H,84,95)(H,85,96)(H,86,97)/t20-,25+,26+,27+,28+,29+,30+,31+,32+,33+,34+,35+,36+,37+,38+,39+,40+,41+,42+,43-,44-,45-,46-,47-,48+,49+,50+,51+,52+,53-,54-,55+,56-,57-,58+,59+,60+,61+,62+,63+,64+,65-,66-,67-,68-,69-,70-,71?,72-,73-,74-,75+,76+,77+,78-,79+,80-,81-,82-/m0/s1. The van der Waals surface area contributed by atoms with E-state index in [-0.39, 0.29) is 0 Å². The van der Waals surface area contributed by atoms with Gasteiger partial charge in [-0.15, -0.1) is 0 Å². The van der Waals surface area contributed by atoms with Crippen LogP contribution in [0.1, 0.15) is 34.6 Å². The number of hydrogen-bond donors (Lipinski definition) is 33. The smallest absolute Gasteiger partial charge is 0.217 e. The van der Waals surface area contributed by atoms with Crippen LogP contribution in [-0.4, -0.2) is 628 Å². The van der Waals surface area contributed by atoms with E-state index in [4.69, 9.17) is 123 Å². The summed E-state index contributed by atoms with van der Waals surface area (Å²) in [6, 6.07) is -7.98. The fourth-order valence-electron chi connectivity index (χ4n) is 19.1. The Bertz CT molecular complexity index is 3980. The molecule has 145 heavy (non-hydrogen) atoms. The van der Waals surface area contributed by atoms with Crippen LogP contribution in [0.25, 0.3) is 0 Å². The van der Waals surface area contributed by atoms with Gasteiger partial charge in [0, 0.05) is 49.0 Å². The van der Waals surface area contributed by atoms with Crippen LogP contribution in [0.2, 0.25) is 0 Å². The zero-order valence-electron chi connectivity index (χ0n) is 79.1. The average molecular weight is 2120 g/mol. The van der Waals surface area contributed by atoms with E-state index in [1.165, 1.54) is 6.92 Å². The van der Waals surface area contributed by atoms with Crippen molar-refractivity contribution in [1.82, 2.24) is 21.3 Å². The fourth-order valence-corrected chi connectivity index (χ4v) is 19.1. The van der Waals surface area contributed by atoms with Gasteiger partial charge < -0.3 is 293 Å². The molecule has 0 radical (unpaired) electrons. The van der Waals surface area contributed by atoms with Crippen LogP contribution in [0.4, 0.5) is 0 Å². The Balaban J connectivity index is 0.858. The van der Waals surface area contributed by atoms with Crippen LogP contribution in [0.15, 0.2) is 0 Å². The number of nitrogens with one attached hydrogen (secondary N) is 4. The summed E-state index contributed by atoms with van der Waals surface area (Å²) in [4.78, 5) is 53.2. The largest absolute Gasteiger partial charge is 0.394 e. The molecule has 0 saturated carbocycles. The van der Waals surface area contributed by atoms with E-state index < -0.39 is 458 Å². The molecule has 59 atom stereocenters. The van der Waals surface area contributed by atoms with Crippen molar-refractivity contribution >= 4 is 23.6 Å². The minimum Gasteiger partial charge on any atom is -0.394 e. The number of carbonyl (C=O) groups excluding carboxylic acids is 4. The van der Waals surface area contributed by atoms with E-state index in [1.54, 1.807) is 0 Å². The Morgan fingerprint density at radius 2 is 0.469 bits per heavy atom. The first-order valence-corrected chi connectivity index (χ1v) is 46.6. The molecule has 4 amide bonds. The number of amides is 4. The Morgan fingerprint density at radius 3 is 0.917 bits per heavy atom. The second-order valence-corrected chi connectivity index (χ2v) is 36.8. The van der Waals surface area contributed by atoms with Gasteiger partial charge in [-0.3, -0.25) is 19.2 Å². The maximum absolute atomic E-state index is 13.6. The van der Waals surface area contributed by atoms with Gasteiger partial charge in [-0.2, -0.15) is 0 Å². The molecule has 0 spiro atoms. The lowest BCUT2D eigenvalue weighted by Crippen LogP contribution is -2.71. The summed E-state index contributed by atoms with van der Waals surface area (Å²) in [5.41, 5.74) is 0. The lowest BCUT2D eigenvalue weighted by molar-refractivity contribution is -0.400. The summed E-state index contributed by atoms with van der Waals surface area (Å²) in [6.07, 6.45) is -111. The number of aliphatic hydroxyl groups is 29. The summed E-state index contributed by atoms with van der Waals surface area (Å²) in [7, 11) is 3.26. The topological polar surface area (TPSA) is 943 Å². The van der Waals surface area contributed by atoms with Crippen molar-refractivity contribution in [2.24, 2.45) is 0 Å². The molecule has 12 rings (SSSR count). The Morgan fingerprint density at radius 1 is 0.207 bits per heavy atom. The van der Waals surface area contributed by atoms with Gasteiger partial charge in [0.2, 0.25) is 23.6 Å². The van der Waals surface area contributed by atoms with Gasteiger partial charge in [-0.1, -0.05) is 0 Å². The second kappa shape index (κ2) is 52.7. The van der Waals surface area contributed by atoms with Crippen LogP contribution in [0.3, 0.4) is 0 Å². The SMILES string of the molecule is CO[C@H]1[C@@H](O)[C@@H](CO)O[C@@H](OC[C@H]2O[C@@H](O[C@H]3[C@@H](O)[C@@H](CO[C@@H]4O[C@H](CO)[C@H](O)[C@H](OC)[C@H]4O)O[C@@H](O[C@H]4[C@H](O)[C@@H](NC(C)=O)[C@H](O[C@@H]5[C@@H](OC[C@H]6O[C@@H](O[C@H]7[C@H](O)[C@@H](NC(C)=O)[C@H](O[C@H]8[C@H](O)[C@@H](NC(C)=O)C(O)O[C@@H]8CO[C@@H]8O[C@@H](C)[C@@H](O)[C@@H](O)[C@@H]8O)O[C@@H]7CO)[C@@H](O[C@@H]7O[C@H](CO)[C@H](O)[C@H]7O)[C@@H](O[C@H]7O[C@H](CO)[C@@H](O)[C@H](O)[C@@H]7O)[C@@H]6O)O[C@H](CO)[C@@H](O)[C@@H]5O)O[C@@H]4CO)[C@@H]3NC(C)=O)[C@H](O)[C@@H](OC)[C@H]2O)[C@@H]1O. The molecule has 0 aromatic carbocycles. The maximum Gasteiger partial charge on any atom is 0.217 e. The normalized spacial score (nSPS) is 49.5. The van der Waals surface area contributed by atoms with E-state index >= 15 is 0 Å². The third kappa shape index (κ3) is 26.6. The van der Waals surface area contributed by atoms with Crippen molar-refractivity contribution in [3.8, 4) is 0 Å². The molecule has 33 N–H and O–H groups in total. The molecule has 840 valence electrons. The highest BCUT2D eigenvalue weighted by Crippen LogP contribution is 2.43. The number of hydrogen-bond acceptors (Lipinski definition) is 59. The molecule has 0 aromatic heterocycles. The number of rotatable bonds is 40. The van der Waals surface area contributed by atoms with E-state index in [9.17, 15) is 167 Å². The molecule has 1 unspecified atom stereocenters. The van der Waals surface area contributed by atoms with Gasteiger partial charge in [0.05, 0.1) is 78.8 Å². The van der Waals surface area contributed by atoms with Gasteiger partial charge in [-0.25, -0.2) is 0 Å². The fraction of sp³-hybridized carbons (Fsp3) is 0.951. The second-order valence-electron chi connectivity index (χ2n) is 36.8. The van der Waals surface area contributed by atoms with Crippen molar-refractivity contribution in [3.63, 3.8) is 0 Å². The number of methoxy groups -OCH3 is 3. The summed E-state index contributed by atoms with van der Waals surface area (Å²) in [5.74, 6) is -3.91. The average Bonchev–Trinajstić information content (AvgIpc) is 1.56. The Kier molecular flexibility index (Phi) is 43.4. The molecule has 12 heterocycles. The third-order valence-electron chi connectivity index (χ3n) is 27.0. The summed E-state index contributed by atoms with van der Waals surface area (Å²) in [6.45, 7) is -6.58. The van der Waals surface area contributed by atoms with E-state index in [0.29, 0.717) is 0 Å². The monoisotopic (exact) mass is 2120 g/mol. The molecule has 63 heteroatoms. The van der Waals surface area contributed by atoms with Crippen molar-refractivity contribution in [3.05, 3.63) is 0 Å². The van der Waals surface area contributed by atoms with Crippen molar-refractivity contribution in [2.75, 3.05) is 94.0 Å². The first-order chi connectivity index (χ1) is 68.8. The molecule has 12 fully saturated rings. The van der Waals surface area contributed by atoms with Gasteiger partial charge in [-0.05, 0) is 6.92 Å². The summed E-state index contributed by atoms with van der Waals surface area (Å²) in [5, 5.41) is 339. The number of aliphatic hydroxyl groups excluding tert-OH is 29. The minimum absolute atomic E-state index is 0.805. The minimum atomic E-state index is -2.53. The van der Waals surface area contributed by atoms with E-state index in [2.05, 4.69) is 21.3 Å². The molecular formula is C82H138N4O59. The molecule has 12 saturated heterocycles. The highest BCUT2D eigenvalue weighted by atomic mass is 16.8. The van der Waals surface area contributed by atoms with Crippen LogP contribution >= 0.6 is 0 Å². The lowest BCUT2D eigenvalue weighted by atomic mass is 9.93. The van der Waals surface area contributed by atoms with Crippen LogP contribution in [-0.2, 0) is 142 Å². The van der Waals surface area contributed by atoms with Gasteiger partial charge >= 0.3 is 0 Å². The molecule has 0 aliphatic carbocycles. The van der Waals surface area contributed by atoms with E-state index in [1.807, 2.05) is 0 Å². The predicted octanol–water partition coefficient (Wildman–Crippen LogP) is -23.0. The Hall–Kier alpha value is -4.32. The van der Waals surface area contributed by atoms with E-state index in [0.717, 1.165) is 49.0 Å². The van der Waals surface area contributed by atoms with Crippen molar-refractivity contribution < 1.29 is 290 Å². The first-order valence-electron chi connectivity index (χ1n) is 46.6. The van der Waals surface area contributed by atoms with Gasteiger partial charge in [0.15, 0.2) is 75.5 Å². The molecular weight excluding hydrogens is 1980 g/mol. The lowest BCUT2D eigenvalue weighted by Gasteiger charge is -2.51. The third-order valence-corrected chi connectivity index (χ3v) is 27.0. The zero-order chi connectivity index (χ0) is 106. The Labute approximate surface area is 823 Å². The zero-order valence-corrected chi connectivity index (χ0v) is 79.1. The van der Waals surface area contributed by atoms with Crippen LogP contribution < -0.4 is 21.3 Å². The summed E-state index contributed by atoms with van der Waals surface area (Å²) >= 11 is 0.